The van der Waals surface area contributed by atoms with Crippen LogP contribution >= 0.6 is 11.6 Å². The summed E-state index contributed by atoms with van der Waals surface area (Å²) in [5.74, 6) is -0.345. The highest BCUT2D eigenvalue weighted by atomic mass is 35.5. The molecule has 1 fully saturated rings. The predicted octanol–water partition coefficient (Wildman–Crippen LogP) is 2.65. The normalized spacial score (nSPS) is 16.5. The molecule has 1 saturated heterocycles. The summed E-state index contributed by atoms with van der Waals surface area (Å²) in [5, 5.41) is 2.97. The maximum atomic E-state index is 12.6. The van der Waals surface area contributed by atoms with Gasteiger partial charge in [-0.2, -0.15) is 4.31 Å². The van der Waals surface area contributed by atoms with Crippen molar-refractivity contribution in [2.45, 2.75) is 37.5 Å². The Bertz CT molecular complexity index is 640. The molecule has 0 unspecified atom stereocenters. The summed E-state index contributed by atoms with van der Waals surface area (Å²) in [7, 11) is -3.56. The van der Waals surface area contributed by atoms with Crippen LogP contribution < -0.4 is 5.32 Å². The monoisotopic (exact) mass is 344 g/mol. The molecule has 1 aromatic carbocycles. The molecule has 0 bridgehead atoms. The van der Waals surface area contributed by atoms with Gasteiger partial charge in [-0.3, -0.25) is 4.79 Å². The van der Waals surface area contributed by atoms with Gasteiger partial charge in [0.15, 0.2) is 0 Å². The van der Waals surface area contributed by atoms with E-state index in [1.807, 2.05) is 6.92 Å². The van der Waals surface area contributed by atoms with Crippen molar-refractivity contribution in [1.29, 1.82) is 0 Å². The largest absolute Gasteiger partial charge is 0.352 e. The average molecular weight is 345 g/mol. The minimum atomic E-state index is -3.56. The Balaban J connectivity index is 2.30. The van der Waals surface area contributed by atoms with Crippen molar-refractivity contribution >= 4 is 27.5 Å². The fourth-order valence-electron chi connectivity index (χ4n) is 2.43. The van der Waals surface area contributed by atoms with Crippen molar-refractivity contribution in [3.63, 3.8) is 0 Å². The number of piperidine rings is 1. The minimum absolute atomic E-state index is 0.125. The lowest BCUT2D eigenvalue weighted by Gasteiger charge is -2.26. The number of halogens is 1. The summed E-state index contributed by atoms with van der Waals surface area (Å²) in [6.45, 7) is 3.53. The van der Waals surface area contributed by atoms with Gasteiger partial charge >= 0.3 is 0 Å². The van der Waals surface area contributed by atoms with Crippen molar-refractivity contribution in [3.8, 4) is 0 Å². The Morgan fingerprint density at radius 1 is 1.27 bits per heavy atom. The molecule has 1 heterocycles. The van der Waals surface area contributed by atoms with Gasteiger partial charge in [-0.05, 0) is 37.5 Å². The third kappa shape index (κ3) is 3.80. The van der Waals surface area contributed by atoms with Crippen molar-refractivity contribution in [3.05, 3.63) is 28.8 Å². The van der Waals surface area contributed by atoms with E-state index in [1.165, 1.54) is 22.5 Å². The van der Waals surface area contributed by atoms with Crippen LogP contribution in [0.25, 0.3) is 0 Å². The van der Waals surface area contributed by atoms with Crippen LogP contribution in [0.3, 0.4) is 0 Å². The van der Waals surface area contributed by atoms with Gasteiger partial charge in [0.2, 0.25) is 10.0 Å². The van der Waals surface area contributed by atoms with Crippen LogP contribution in [0.5, 0.6) is 0 Å². The fraction of sp³-hybridized carbons (Fsp3) is 0.533. The molecule has 1 aliphatic rings. The number of rotatable bonds is 5. The van der Waals surface area contributed by atoms with E-state index in [0.29, 0.717) is 19.6 Å². The van der Waals surface area contributed by atoms with E-state index in [9.17, 15) is 13.2 Å². The zero-order valence-corrected chi connectivity index (χ0v) is 14.2. The molecule has 5 nitrogen and oxygen atoms in total. The molecule has 1 aliphatic heterocycles. The van der Waals surface area contributed by atoms with Gasteiger partial charge < -0.3 is 5.32 Å². The van der Waals surface area contributed by atoms with Gasteiger partial charge in [-0.1, -0.05) is 24.9 Å². The summed E-state index contributed by atoms with van der Waals surface area (Å²) in [6, 6.07) is 4.30. The van der Waals surface area contributed by atoms with Gasteiger partial charge in [0, 0.05) is 19.6 Å². The molecule has 1 N–H and O–H groups in total. The van der Waals surface area contributed by atoms with Crippen molar-refractivity contribution in [2.24, 2.45) is 0 Å². The third-order valence-corrected chi connectivity index (χ3v) is 5.90. The van der Waals surface area contributed by atoms with Crippen LogP contribution in [0.2, 0.25) is 5.02 Å². The minimum Gasteiger partial charge on any atom is -0.352 e. The number of sulfonamides is 1. The third-order valence-electron chi connectivity index (χ3n) is 3.67. The molecule has 2 rings (SSSR count). The lowest BCUT2D eigenvalue weighted by Crippen LogP contribution is -2.35. The smallest absolute Gasteiger partial charge is 0.252 e. The predicted molar refractivity (Wildman–Crippen MR) is 86.7 cm³/mol. The topological polar surface area (TPSA) is 66.5 Å². The standard InChI is InChI=1S/C15H21ClN2O3S/c1-2-8-17-15(19)13-11-12(6-7-14(13)16)22(20,21)18-9-4-3-5-10-18/h6-7,11H,2-5,8-10H2,1H3,(H,17,19). The van der Waals surface area contributed by atoms with Crippen LogP contribution in [0.1, 0.15) is 43.0 Å². The van der Waals surface area contributed by atoms with E-state index in [-0.39, 0.29) is 21.4 Å². The maximum Gasteiger partial charge on any atom is 0.252 e. The zero-order valence-electron chi connectivity index (χ0n) is 12.6. The van der Waals surface area contributed by atoms with E-state index in [2.05, 4.69) is 5.32 Å². The van der Waals surface area contributed by atoms with Gasteiger partial charge in [-0.15, -0.1) is 0 Å². The number of carbonyl (C=O) groups excluding carboxylic acids is 1. The van der Waals surface area contributed by atoms with Gasteiger partial charge in [-0.25, -0.2) is 8.42 Å². The molecule has 0 atom stereocenters. The SMILES string of the molecule is CCCNC(=O)c1cc(S(=O)(=O)N2CCCCC2)ccc1Cl. The fourth-order valence-corrected chi connectivity index (χ4v) is 4.17. The summed E-state index contributed by atoms with van der Waals surface area (Å²) >= 11 is 6.04. The second-order valence-electron chi connectivity index (χ2n) is 5.36. The number of carbonyl (C=O) groups is 1. The van der Waals surface area contributed by atoms with E-state index in [0.717, 1.165) is 25.7 Å². The molecular weight excluding hydrogens is 324 g/mol. The maximum absolute atomic E-state index is 12.6. The summed E-state index contributed by atoms with van der Waals surface area (Å²) in [5.41, 5.74) is 0.202. The molecule has 1 amide bonds. The van der Waals surface area contributed by atoms with Crippen molar-refractivity contribution in [2.75, 3.05) is 19.6 Å². The van der Waals surface area contributed by atoms with E-state index >= 15 is 0 Å². The van der Waals surface area contributed by atoms with Crippen LogP contribution in [-0.4, -0.2) is 38.3 Å². The first-order valence-corrected chi connectivity index (χ1v) is 9.36. The number of nitrogens with zero attached hydrogens (tertiary/aromatic N) is 1. The van der Waals surface area contributed by atoms with Gasteiger partial charge in [0.1, 0.15) is 0 Å². The molecule has 0 aliphatic carbocycles. The highest BCUT2D eigenvalue weighted by Crippen LogP contribution is 2.25. The Kier molecular flexibility index (Phi) is 5.83. The molecule has 0 aromatic heterocycles. The molecule has 0 radical (unpaired) electrons. The Morgan fingerprint density at radius 3 is 2.59 bits per heavy atom. The molecule has 0 spiro atoms. The Labute approximate surface area is 136 Å². The number of hydrogen-bond acceptors (Lipinski definition) is 3. The zero-order chi connectivity index (χ0) is 16.2. The lowest BCUT2D eigenvalue weighted by atomic mass is 10.2. The molecule has 7 heteroatoms. The number of amides is 1. The lowest BCUT2D eigenvalue weighted by molar-refractivity contribution is 0.0953. The van der Waals surface area contributed by atoms with E-state index in [4.69, 9.17) is 11.6 Å². The molecule has 22 heavy (non-hydrogen) atoms. The summed E-state index contributed by atoms with van der Waals surface area (Å²) < 4.78 is 26.8. The summed E-state index contributed by atoms with van der Waals surface area (Å²) in [4.78, 5) is 12.2. The number of nitrogens with one attached hydrogen (secondary N) is 1. The van der Waals surface area contributed by atoms with Gasteiger partial charge in [0.25, 0.3) is 5.91 Å². The molecular formula is C15H21ClN2O3S. The van der Waals surface area contributed by atoms with Gasteiger partial charge in [0.05, 0.1) is 15.5 Å². The number of benzene rings is 1. The van der Waals surface area contributed by atoms with Crippen molar-refractivity contribution < 1.29 is 13.2 Å². The van der Waals surface area contributed by atoms with E-state index in [1.54, 1.807) is 0 Å². The quantitative estimate of drug-likeness (QED) is 0.893. The molecule has 0 saturated carbocycles. The summed E-state index contributed by atoms with van der Waals surface area (Å²) in [6.07, 6.45) is 3.60. The second kappa shape index (κ2) is 7.44. The highest BCUT2D eigenvalue weighted by molar-refractivity contribution is 7.89. The average Bonchev–Trinajstić information content (AvgIpc) is 2.53. The van der Waals surface area contributed by atoms with Crippen LogP contribution in [0, 0.1) is 0 Å². The Hall–Kier alpha value is -1.11. The second-order valence-corrected chi connectivity index (χ2v) is 7.71. The first kappa shape index (κ1) is 17.2. The van der Waals surface area contributed by atoms with Crippen LogP contribution in [0.4, 0.5) is 0 Å². The first-order chi connectivity index (χ1) is 10.5. The highest BCUT2D eigenvalue weighted by Gasteiger charge is 2.27. The molecule has 1 aromatic rings. The van der Waals surface area contributed by atoms with Crippen LogP contribution in [0.15, 0.2) is 23.1 Å². The Morgan fingerprint density at radius 2 is 1.95 bits per heavy atom. The number of hydrogen-bond donors (Lipinski definition) is 1. The van der Waals surface area contributed by atoms with Crippen molar-refractivity contribution in [1.82, 2.24) is 9.62 Å². The molecule has 122 valence electrons. The van der Waals surface area contributed by atoms with Crippen LogP contribution in [-0.2, 0) is 10.0 Å². The first-order valence-electron chi connectivity index (χ1n) is 7.54. The van der Waals surface area contributed by atoms with E-state index < -0.39 is 10.0 Å².